The van der Waals surface area contributed by atoms with Crippen molar-refractivity contribution in [1.29, 1.82) is 0 Å². The first-order valence-electron chi connectivity index (χ1n) is 11.1. The number of nitrogens with zero attached hydrogens (tertiary/aromatic N) is 4. The van der Waals surface area contributed by atoms with Crippen molar-refractivity contribution in [3.8, 4) is 0 Å². The molecule has 1 saturated carbocycles. The number of pyridine rings is 1. The molecule has 3 atom stereocenters. The van der Waals surface area contributed by atoms with E-state index < -0.39 is 0 Å². The van der Waals surface area contributed by atoms with Crippen LogP contribution in [0.25, 0.3) is 21.9 Å². The molecule has 0 amide bonds. The van der Waals surface area contributed by atoms with E-state index in [2.05, 4.69) is 67.9 Å². The van der Waals surface area contributed by atoms with Crippen LogP contribution < -0.4 is 5.73 Å². The lowest BCUT2D eigenvalue weighted by molar-refractivity contribution is 0.0330. The fraction of sp³-hybridized carbons (Fsp3) is 0.400. The summed E-state index contributed by atoms with van der Waals surface area (Å²) in [6.07, 6.45) is 5.65. The van der Waals surface area contributed by atoms with Gasteiger partial charge in [-0.25, -0.2) is 15.0 Å². The molecule has 4 aromatic rings. The SMILES string of the molecule is COC1C(Cc2ccc3cc(Br)c(N)nc3c2)CCC1Cn1ccc2c(C)nc(C)nc21. The summed E-state index contributed by atoms with van der Waals surface area (Å²) in [4.78, 5) is 13.8. The lowest BCUT2D eigenvalue weighted by Crippen LogP contribution is -2.28. The second-order valence-electron chi connectivity index (χ2n) is 8.95. The van der Waals surface area contributed by atoms with E-state index >= 15 is 0 Å². The van der Waals surface area contributed by atoms with Crippen molar-refractivity contribution >= 4 is 43.7 Å². The van der Waals surface area contributed by atoms with E-state index in [4.69, 9.17) is 15.5 Å². The van der Waals surface area contributed by atoms with E-state index in [9.17, 15) is 0 Å². The molecule has 6 nitrogen and oxygen atoms in total. The molecule has 1 aromatic carbocycles. The van der Waals surface area contributed by atoms with E-state index in [1.807, 2.05) is 20.1 Å². The average Bonchev–Trinajstić information content (AvgIpc) is 3.33. The minimum absolute atomic E-state index is 0.218. The second-order valence-corrected chi connectivity index (χ2v) is 9.80. The number of fused-ring (bicyclic) bond motifs is 2. The highest BCUT2D eigenvalue weighted by Crippen LogP contribution is 2.37. The predicted octanol–water partition coefficient (Wildman–Crippen LogP) is 5.22. The molecule has 0 spiro atoms. The highest BCUT2D eigenvalue weighted by atomic mass is 79.9. The molecule has 3 heterocycles. The number of nitrogen functional groups attached to an aromatic ring is 1. The largest absolute Gasteiger partial charge is 0.383 e. The molecule has 3 unspecified atom stereocenters. The number of aromatic nitrogens is 4. The molecule has 0 aliphatic heterocycles. The molecule has 0 bridgehead atoms. The molecule has 5 rings (SSSR count). The van der Waals surface area contributed by atoms with Gasteiger partial charge in [0.1, 0.15) is 17.3 Å². The quantitative estimate of drug-likeness (QED) is 0.411. The summed E-state index contributed by atoms with van der Waals surface area (Å²) in [5.41, 5.74) is 10.3. The number of methoxy groups -OCH3 is 1. The second kappa shape index (κ2) is 8.45. The van der Waals surface area contributed by atoms with Crippen molar-refractivity contribution in [1.82, 2.24) is 19.5 Å². The lowest BCUT2D eigenvalue weighted by Gasteiger charge is -2.24. The summed E-state index contributed by atoms with van der Waals surface area (Å²) < 4.78 is 9.16. The standard InChI is InChI=1S/C25H28BrN5O/c1-14-20-8-9-31(25(20)29-15(2)28-14)13-19-7-6-18(23(19)32-3)10-16-4-5-17-12-21(26)24(27)30-22(17)11-16/h4-5,8-9,11-12,18-19,23H,6-7,10,13H2,1-3H3,(H2,27,30). The number of benzene rings is 1. The Hall–Kier alpha value is -2.51. The fourth-order valence-corrected chi connectivity index (χ4v) is 5.66. The molecule has 166 valence electrons. The molecule has 1 aliphatic rings. The smallest absolute Gasteiger partial charge is 0.143 e. The normalized spacial score (nSPS) is 21.1. The number of rotatable bonds is 5. The van der Waals surface area contributed by atoms with Crippen LogP contribution in [0, 0.1) is 25.7 Å². The van der Waals surface area contributed by atoms with Gasteiger partial charge in [-0.3, -0.25) is 0 Å². The number of nitrogens with two attached hydrogens (primary N) is 1. The average molecular weight is 494 g/mol. The number of hydrogen-bond donors (Lipinski definition) is 1. The van der Waals surface area contributed by atoms with E-state index in [1.165, 1.54) is 5.56 Å². The van der Waals surface area contributed by atoms with Gasteiger partial charge in [-0.05, 0) is 78.7 Å². The molecular formula is C25H28BrN5O. The van der Waals surface area contributed by atoms with Gasteiger partial charge in [0.25, 0.3) is 0 Å². The minimum atomic E-state index is 0.218. The number of hydrogen-bond acceptors (Lipinski definition) is 5. The Labute approximate surface area is 196 Å². The maximum absolute atomic E-state index is 6.05. The van der Waals surface area contributed by atoms with Gasteiger partial charge in [-0.1, -0.05) is 12.1 Å². The zero-order valence-electron chi connectivity index (χ0n) is 18.7. The first-order valence-corrected chi connectivity index (χ1v) is 11.9. The van der Waals surface area contributed by atoms with Gasteiger partial charge >= 0.3 is 0 Å². The van der Waals surface area contributed by atoms with E-state index in [-0.39, 0.29) is 6.10 Å². The Morgan fingerprint density at radius 2 is 1.91 bits per heavy atom. The molecule has 1 aliphatic carbocycles. The molecule has 3 aromatic heterocycles. The van der Waals surface area contributed by atoms with Crippen LogP contribution in [0.15, 0.2) is 41.0 Å². The van der Waals surface area contributed by atoms with Gasteiger partial charge in [0, 0.05) is 36.5 Å². The Morgan fingerprint density at radius 3 is 2.72 bits per heavy atom. The number of aryl methyl sites for hydroxylation is 2. The van der Waals surface area contributed by atoms with E-state index in [0.29, 0.717) is 17.7 Å². The minimum Gasteiger partial charge on any atom is -0.383 e. The zero-order chi connectivity index (χ0) is 22.4. The Bertz CT molecular complexity index is 1300. The van der Waals surface area contributed by atoms with Gasteiger partial charge in [-0.2, -0.15) is 0 Å². The maximum Gasteiger partial charge on any atom is 0.143 e. The highest BCUT2D eigenvalue weighted by molar-refractivity contribution is 9.10. The van der Waals surface area contributed by atoms with Crippen molar-refractivity contribution in [2.24, 2.45) is 11.8 Å². The number of anilines is 1. The van der Waals surface area contributed by atoms with Gasteiger partial charge in [0.05, 0.1) is 21.8 Å². The molecule has 0 saturated heterocycles. The molecule has 0 radical (unpaired) electrons. The zero-order valence-corrected chi connectivity index (χ0v) is 20.3. The summed E-state index contributed by atoms with van der Waals surface area (Å²) in [6, 6.07) is 10.7. The van der Waals surface area contributed by atoms with Crippen LogP contribution in [-0.2, 0) is 17.7 Å². The Kier molecular flexibility index (Phi) is 5.63. The maximum atomic E-state index is 6.05. The van der Waals surface area contributed by atoms with E-state index in [0.717, 1.165) is 63.7 Å². The van der Waals surface area contributed by atoms with Crippen LogP contribution in [0.4, 0.5) is 5.82 Å². The number of ether oxygens (including phenoxy) is 1. The summed E-state index contributed by atoms with van der Waals surface area (Å²) in [5.74, 6) is 2.29. The van der Waals surface area contributed by atoms with Crippen LogP contribution in [0.2, 0.25) is 0 Å². The van der Waals surface area contributed by atoms with Gasteiger partial charge in [-0.15, -0.1) is 0 Å². The summed E-state index contributed by atoms with van der Waals surface area (Å²) >= 11 is 3.46. The van der Waals surface area contributed by atoms with Crippen LogP contribution >= 0.6 is 15.9 Å². The molecular weight excluding hydrogens is 466 g/mol. The van der Waals surface area contributed by atoms with Crippen LogP contribution in [0.5, 0.6) is 0 Å². The summed E-state index contributed by atoms with van der Waals surface area (Å²) in [7, 11) is 1.85. The first kappa shape index (κ1) is 21.3. The van der Waals surface area contributed by atoms with Crippen molar-refractivity contribution in [3.05, 3.63) is 58.1 Å². The van der Waals surface area contributed by atoms with Crippen molar-refractivity contribution in [2.45, 2.75) is 45.8 Å². The highest BCUT2D eigenvalue weighted by Gasteiger charge is 2.36. The van der Waals surface area contributed by atoms with Crippen molar-refractivity contribution in [3.63, 3.8) is 0 Å². The van der Waals surface area contributed by atoms with Crippen molar-refractivity contribution in [2.75, 3.05) is 12.8 Å². The van der Waals surface area contributed by atoms with Gasteiger partial charge < -0.3 is 15.0 Å². The fourth-order valence-electron chi connectivity index (χ4n) is 5.32. The lowest BCUT2D eigenvalue weighted by atomic mass is 9.93. The van der Waals surface area contributed by atoms with Crippen molar-refractivity contribution < 1.29 is 4.74 Å². The first-order chi connectivity index (χ1) is 15.4. The molecule has 1 fully saturated rings. The van der Waals surface area contributed by atoms with Gasteiger partial charge in [0.15, 0.2) is 0 Å². The predicted molar refractivity (Wildman–Crippen MR) is 132 cm³/mol. The number of halogens is 1. The Morgan fingerprint density at radius 1 is 1.09 bits per heavy atom. The third kappa shape index (κ3) is 3.88. The summed E-state index contributed by atoms with van der Waals surface area (Å²) in [6.45, 7) is 4.92. The van der Waals surface area contributed by atoms with Crippen LogP contribution in [0.1, 0.15) is 29.9 Å². The third-order valence-electron chi connectivity index (χ3n) is 6.82. The Balaban J connectivity index is 1.35. The van der Waals surface area contributed by atoms with E-state index in [1.54, 1.807) is 0 Å². The van der Waals surface area contributed by atoms with Crippen LogP contribution in [-0.4, -0.2) is 32.7 Å². The molecule has 2 N–H and O–H groups in total. The molecule has 32 heavy (non-hydrogen) atoms. The summed E-state index contributed by atoms with van der Waals surface area (Å²) in [5, 5.41) is 2.23. The third-order valence-corrected chi connectivity index (χ3v) is 7.46. The molecule has 7 heteroatoms. The van der Waals surface area contributed by atoms with Crippen LogP contribution in [0.3, 0.4) is 0 Å². The topological polar surface area (TPSA) is 78.9 Å². The monoisotopic (exact) mass is 493 g/mol. The van der Waals surface area contributed by atoms with Gasteiger partial charge in [0.2, 0.25) is 0 Å².